The average Bonchev–Trinajstić information content (AvgIpc) is 2.30. The Labute approximate surface area is 97.2 Å². The highest BCUT2D eigenvalue weighted by atomic mass is 19.1. The Kier molecular flexibility index (Phi) is 4.03. The van der Waals surface area contributed by atoms with E-state index in [9.17, 15) is 14.0 Å². The second-order valence-electron chi connectivity index (χ2n) is 3.39. The van der Waals surface area contributed by atoms with Crippen molar-refractivity contribution in [2.45, 2.75) is 13.0 Å². The Hall–Kier alpha value is -2.11. The summed E-state index contributed by atoms with van der Waals surface area (Å²) in [6.45, 7) is 1.37. The van der Waals surface area contributed by atoms with Crippen LogP contribution in [0.3, 0.4) is 0 Å². The molecule has 0 amide bonds. The minimum Gasteiger partial charge on any atom is -0.480 e. The van der Waals surface area contributed by atoms with E-state index in [1.165, 1.54) is 26.2 Å². The van der Waals surface area contributed by atoms with Crippen molar-refractivity contribution in [3.63, 3.8) is 0 Å². The van der Waals surface area contributed by atoms with E-state index < -0.39 is 23.8 Å². The lowest BCUT2D eigenvalue weighted by atomic mass is 10.2. The zero-order chi connectivity index (χ0) is 13.0. The molecule has 0 bridgehead atoms. The van der Waals surface area contributed by atoms with Gasteiger partial charge in [-0.05, 0) is 25.1 Å². The van der Waals surface area contributed by atoms with Gasteiger partial charge in [0.1, 0.15) is 11.9 Å². The topological polar surface area (TPSA) is 75.6 Å². The third-order valence-electron chi connectivity index (χ3n) is 2.13. The number of benzene rings is 1. The Morgan fingerprint density at radius 2 is 2.12 bits per heavy atom. The first-order chi connectivity index (χ1) is 7.95. The van der Waals surface area contributed by atoms with Crippen molar-refractivity contribution in [3.8, 4) is 0 Å². The highest BCUT2D eigenvalue weighted by molar-refractivity contribution is 5.90. The highest BCUT2D eigenvalue weighted by Crippen LogP contribution is 2.17. The van der Waals surface area contributed by atoms with Crippen LogP contribution in [0.5, 0.6) is 0 Å². The summed E-state index contributed by atoms with van der Waals surface area (Å²) in [4.78, 5) is 21.8. The molecule has 6 heteroatoms. The van der Waals surface area contributed by atoms with E-state index in [1.54, 1.807) is 0 Å². The molecule has 17 heavy (non-hydrogen) atoms. The summed E-state index contributed by atoms with van der Waals surface area (Å²) >= 11 is 0. The molecule has 0 spiro atoms. The van der Waals surface area contributed by atoms with Gasteiger partial charge in [0.15, 0.2) is 0 Å². The maximum absolute atomic E-state index is 13.4. The van der Waals surface area contributed by atoms with Gasteiger partial charge >= 0.3 is 11.9 Å². The molecular formula is C11H12FNO4. The molecular weight excluding hydrogens is 229 g/mol. The van der Waals surface area contributed by atoms with Gasteiger partial charge in [0.05, 0.1) is 18.4 Å². The van der Waals surface area contributed by atoms with Crippen molar-refractivity contribution in [1.82, 2.24) is 0 Å². The van der Waals surface area contributed by atoms with Gasteiger partial charge in [-0.25, -0.2) is 9.18 Å². The van der Waals surface area contributed by atoms with Crippen molar-refractivity contribution in [1.29, 1.82) is 0 Å². The van der Waals surface area contributed by atoms with E-state index in [4.69, 9.17) is 5.11 Å². The standard InChI is InChI=1S/C11H12FNO4/c1-6(10(14)15)13-9-5-7(11(16)17-2)3-4-8(9)12/h3-6,13H,1-2H3,(H,14,15). The first-order valence-electron chi connectivity index (χ1n) is 4.83. The zero-order valence-electron chi connectivity index (χ0n) is 9.36. The number of ether oxygens (including phenoxy) is 1. The quantitative estimate of drug-likeness (QED) is 0.781. The number of nitrogens with one attached hydrogen (secondary N) is 1. The number of hydrogen-bond donors (Lipinski definition) is 2. The summed E-state index contributed by atoms with van der Waals surface area (Å²) in [5, 5.41) is 11.1. The van der Waals surface area contributed by atoms with Crippen molar-refractivity contribution in [2.75, 3.05) is 12.4 Å². The second-order valence-corrected chi connectivity index (χ2v) is 3.39. The molecule has 1 unspecified atom stereocenters. The van der Waals surface area contributed by atoms with Crippen LogP contribution in [0.2, 0.25) is 0 Å². The van der Waals surface area contributed by atoms with Crippen molar-refractivity contribution in [3.05, 3.63) is 29.6 Å². The van der Waals surface area contributed by atoms with Crippen molar-refractivity contribution >= 4 is 17.6 Å². The van der Waals surface area contributed by atoms with Gasteiger partial charge in [-0.1, -0.05) is 0 Å². The number of carbonyl (C=O) groups excluding carboxylic acids is 1. The molecule has 0 aliphatic rings. The summed E-state index contributed by atoms with van der Waals surface area (Å²) in [5.74, 6) is -2.37. The van der Waals surface area contributed by atoms with Crippen LogP contribution in [-0.4, -0.2) is 30.2 Å². The third-order valence-corrected chi connectivity index (χ3v) is 2.13. The highest BCUT2D eigenvalue weighted by Gasteiger charge is 2.15. The van der Waals surface area contributed by atoms with Gasteiger partial charge < -0.3 is 15.2 Å². The van der Waals surface area contributed by atoms with Crippen LogP contribution in [-0.2, 0) is 9.53 Å². The Balaban J connectivity index is 2.98. The molecule has 0 aliphatic carbocycles. The number of esters is 1. The molecule has 0 saturated heterocycles. The van der Waals surface area contributed by atoms with Gasteiger partial charge in [0, 0.05) is 0 Å². The van der Waals surface area contributed by atoms with Crippen molar-refractivity contribution < 1.29 is 23.8 Å². The summed E-state index contributed by atoms with van der Waals surface area (Å²) < 4.78 is 17.8. The molecule has 1 aromatic carbocycles. The fraction of sp³-hybridized carbons (Fsp3) is 0.273. The van der Waals surface area contributed by atoms with E-state index in [0.29, 0.717) is 0 Å². The first-order valence-corrected chi connectivity index (χ1v) is 4.83. The van der Waals surface area contributed by atoms with Gasteiger partial charge in [0.2, 0.25) is 0 Å². The molecule has 2 N–H and O–H groups in total. The van der Waals surface area contributed by atoms with Crippen LogP contribution >= 0.6 is 0 Å². The molecule has 0 fully saturated rings. The van der Waals surface area contributed by atoms with E-state index in [2.05, 4.69) is 10.1 Å². The molecule has 1 aromatic rings. The van der Waals surface area contributed by atoms with E-state index >= 15 is 0 Å². The number of carboxylic acid groups (broad SMARTS) is 1. The molecule has 0 radical (unpaired) electrons. The Bertz CT molecular complexity index is 447. The van der Waals surface area contributed by atoms with Crippen LogP contribution in [0.15, 0.2) is 18.2 Å². The monoisotopic (exact) mass is 241 g/mol. The molecule has 92 valence electrons. The van der Waals surface area contributed by atoms with Gasteiger partial charge in [-0.15, -0.1) is 0 Å². The lowest BCUT2D eigenvalue weighted by Crippen LogP contribution is -2.26. The van der Waals surface area contributed by atoms with Crippen LogP contribution < -0.4 is 5.32 Å². The summed E-state index contributed by atoms with van der Waals surface area (Å²) in [6, 6.07) is 2.58. The predicted molar refractivity (Wildman–Crippen MR) is 58.5 cm³/mol. The van der Waals surface area contributed by atoms with Crippen LogP contribution in [0.1, 0.15) is 17.3 Å². The molecule has 1 rings (SSSR count). The van der Waals surface area contributed by atoms with Crippen molar-refractivity contribution in [2.24, 2.45) is 0 Å². The number of halogens is 1. The minimum atomic E-state index is -1.12. The maximum Gasteiger partial charge on any atom is 0.337 e. The number of aliphatic carboxylic acids is 1. The normalized spacial score (nSPS) is 11.7. The molecule has 0 heterocycles. The number of hydrogen-bond acceptors (Lipinski definition) is 4. The third kappa shape index (κ3) is 3.17. The number of carbonyl (C=O) groups is 2. The van der Waals surface area contributed by atoms with E-state index in [-0.39, 0.29) is 11.3 Å². The van der Waals surface area contributed by atoms with Gasteiger partial charge in [-0.3, -0.25) is 4.79 Å². The molecule has 0 saturated carbocycles. The number of rotatable bonds is 4. The SMILES string of the molecule is COC(=O)c1ccc(F)c(NC(C)C(=O)O)c1. The number of anilines is 1. The number of methoxy groups -OCH3 is 1. The zero-order valence-corrected chi connectivity index (χ0v) is 9.36. The molecule has 0 aromatic heterocycles. The predicted octanol–water partition coefficient (Wildman–Crippen LogP) is 1.50. The molecule has 5 nitrogen and oxygen atoms in total. The van der Waals surface area contributed by atoms with Gasteiger partial charge in [0.25, 0.3) is 0 Å². The largest absolute Gasteiger partial charge is 0.480 e. The fourth-order valence-corrected chi connectivity index (χ4v) is 1.18. The smallest absolute Gasteiger partial charge is 0.337 e. The van der Waals surface area contributed by atoms with Crippen LogP contribution in [0, 0.1) is 5.82 Å². The number of carboxylic acids is 1. The fourth-order valence-electron chi connectivity index (χ4n) is 1.18. The summed E-state index contributed by atoms with van der Waals surface area (Å²) in [7, 11) is 1.21. The first kappa shape index (κ1) is 13.0. The average molecular weight is 241 g/mol. The minimum absolute atomic E-state index is 0.0530. The van der Waals surface area contributed by atoms with Crippen LogP contribution in [0.4, 0.5) is 10.1 Å². The Morgan fingerprint density at radius 3 is 2.65 bits per heavy atom. The Morgan fingerprint density at radius 1 is 1.47 bits per heavy atom. The van der Waals surface area contributed by atoms with E-state index in [1.807, 2.05) is 0 Å². The summed E-state index contributed by atoms with van der Waals surface area (Å²) in [5.41, 5.74) is 0.0942. The maximum atomic E-state index is 13.4. The molecule has 0 aliphatic heterocycles. The molecule has 1 atom stereocenters. The van der Waals surface area contributed by atoms with Crippen LogP contribution in [0.25, 0.3) is 0 Å². The lowest BCUT2D eigenvalue weighted by molar-refractivity contribution is -0.137. The second kappa shape index (κ2) is 5.29. The lowest BCUT2D eigenvalue weighted by Gasteiger charge is -2.12. The van der Waals surface area contributed by atoms with E-state index in [0.717, 1.165) is 6.07 Å². The van der Waals surface area contributed by atoms with Gasteiger partial charge in [-0.2, -0.15) is 0 Å². The summed E-state index contributed by atoms with van der Waals surface area (Å²) in [6.07, 6.45) is 0.